The van der Waals surface area contributed by atoms with Crippen molar-refractivity contribution in [3.63, 3.8) is 0 Å². The number of pyridine rings is 1. The first kappa shape index (κ1) is 17.8. The zero-order chi connectivity index (χ0) is 18.0. The molecule has 0 aliphatic heterocycles. The molecule has 0 spiro atoms. The van der Waals surface area contributed by atoms with Crippen molar-refractivity contribution in [3.05, 3.63) is 53.9 Å². The van der Waals surface area contributed by atoms with Gasteiger partial charge in [-0.15, -0.1) is 0 Å². The fourth-order valence-electron chi connectivity index (χ4n) is 3.01. The number of nitrogens with one attached hydrogen (secondary N) is 1. The fourth-order valence-corrected chi connectivity index (χ4v) is 4.30. The summed E-state index contributed by atoms with van der Waals surface area (Å²) in [5.74, 6) is 0.584. The van der Waals surface area contributed by atoms with Gasteiger partial charge in [0.25, 0.3) is 0 Å². The van der Waals surface area contributed by atoms with Crippen molar-refractivity contribution in [2.24, 2.45) is 5.92 Å². The first-order valence-corrected chi connectivity index (χ1v) is 9.63. The summed E-state index contributed by atoms with van der Waals surface area (Å²) in [5, 5.41) is 9.64. The number of sulfonamides is 1. The summed E-state index contributed by atoms with van der Waals surface area (Å²) < 4.78 is 33.5. The number of nitrogens with zero attached hydrogens (tertiary/aromatic N) is 1. The Bertz CT molecular complexity index is 830. The van der Waals surface area contributed by atoms with Crippen LogP contribution in [0.15, 0.2) is 47.6 Å². The molecule has 1 fully saturated rings. The number of aliphatic hydroxyl groups is 1. The van der Waals surface area contributed by atoms with E-state index in [1.165, 1.54) is 0 Å². The van der Waals surface area contributed by atoms with Crippen LogP contribution in [0.4, 0.5) is 0 Å². The first-order chi connectivity index (χ1) is 11.9. The quantitative estimate of drug-likeness (QED) is 0.822. The summed E-state index contributed by atoms with van der Waals surface area (Å²) in [6.45, 7) is 1.91. The van der Waals surface area contributed by atoms with Gasteiger partial charge in [-0.1, -0.05) is 17.7 Å². The van der Waals surface area contributed by atoms with Gasteiger partial charge in [-0.3, -0.25) is 4.98 Å². The van der Waals surface area contributed by atoms with Crippen molar-refractivity contribution in [2.45, 2.75) is 36.8 Å². The van der Waals surface area contributed by atoms with Gasteiger partial charge in [0.15, 0.2) is 0 Å². The highest BCUT2D eigenvalue weighted by atomic mass is 32.2. The van der Waals surface area contributed by atoms with Crippen LogP contribution >= 0.6 is 0 Å². The number of methoxy groups -OCH3 is 1. The zero-order valence-electron chi connectivity index (χ0n) is 14.2. The summed E-state index contributed by atoms with van der Waals surface area (Å²) >= 11 is 0. The van der Waals surface area contributed by atoms with Gasteiger partial charge >= 0.3 is 0 Å². The maximum absolute atomic E-state index is 12.8. The van der Waals surface area contributed by atoms with Gasteiger partial charge < -0.3 is 9.84 Å². The van der Waals surface area contributed by atoms with Crippen LogP contribution in [0.25, 0.3) is 0 Å². The van der Waals surface area contributed by atoms with E-state index in [1.807, 2.05) is 6.92 Å². The van der Waals surface area contributed by atoms with Crippen molar-refractivity contribution < 1.29 is 18.3 Å². The van der Waals surface area contributed by atoms with Crippen LogP contribution in [0.2, 0.25) is 0 Å². The minimum absolute atomic E-state index is 0.0177. The molecule has 1 aromatic carbocycles. The van der Waals surface area contributed by atoms with Gasteiger partial charge in [0, 0.05) is 6.20 Å². The molecule has 0 saturated heterocycles. The number of hydrogen-bond donors (Lipinski definition) is 2. The number of hydrogen-bond acceptors (Lipinski definition) is 5. The van der Waals surface area contributed by atoms with Gasteiger partial charge in [-0.05, 0) is 49.4 Å². The molecule has 1 aliphatic carbocycles. The Labute approximate surface area is 147 Å². The molecular formula is C18H22N2O4S. The van der Waals surface area contributed by atoms with Crippen LogP contribution < -0.4 is 9.46 Å². The third-order valence-corrected chi connectivity index (χ3v) is 6.02. The number of aliphatic hydroxyl groups excluding tert-OH is 1. The van der Waals surface area contributed by atoms with Crippen molar-refractivity contribution in [3.8, 4) is 5.75 Å². The van der Waals surface area contributed by atoms with Crippen LogP contribution in [0.5, 0.6) is 5.75 Å². The van der Waals surface area contributed by atoms with E-state index in [1.54, 1.807) is 49.8 Å². The second-order valence-corrected chi connectivity index (χ2v) is 8.17. The molecule has 1 aliphatic rings. The van der Waals surface area contributed by atoms with Gasteiger partial charge in [0.1, 0.15) is 5.75 Å². The maximum Gasteiger partial charge on any atom is 0.241 e. The molecule has 1 heterocycles. The van der Waals surface area contributed by atoms with Crippen molar-refractivity contribution >= 4 is 10.0 Å². The van der Waals surface area contributed by atoms with Crippen molar-refractivity contribution in [1.82, 2.24) is 9.71 Å². The average molecular weight is 362 g/mol. The lowest BCUT2D eigenvalue weighted by atomic mass is 9.76. The van der Waals surface area contributed by atoms with Crippen LogP contribution in [-0.4, -0.2) is 31.7 Å². The summed E-state index contributed by atoms with van der Waals surface area (Å²) in [6, 6.07) is 8.04. The predicted molar refractivity (Wildman–Crippen MR) is 93.8 cm³/mol. The normalized spacial score (nSPS) is 21.4. The summed E-state index contributed by atoms with van der Waals surface area (Å²) in [4.78, 5) is 4.35. The molecule has 3 rings (SSSR count). The number of rotatable bonds is 6. The molecule has 0 bridgehead atoms. The van der Waals surface area contributed by atoms with E-state index in [2.05, 4.69) is 9.71 Å². The van der Waals surface area contributed by atoms with Gasteiger partial charge in [0.05, 0.1) is 30.3 Å². The highest BCUT2D eigenvalue weighted by Gasteiger charge is 2.37. The largest absolute Gasteiger partial charge is 0.495 e. The molecule has 25 heavy (non-hydrogen) atoms. The molecule has 2 N–H and O–H groups in total. The molecule has 6 nitrogen and oxygen atoms in total. The highest BCUT2D eigenvalue weighted by molar-refractivity contribution is 7.89. The first-order valence-electron chi connectivity index (χ1n) is 8.15. The molecule has 1 aromatic heterocycles. The number of ether oxygens (including phenoxy) is 1. The van der Waals surface area contributed by atoms with E-state index < -0.39 is 16.1 Å². The van der Waals surface area contributed by atoms with E-state index >= 15 is 0 Å². The number of benzene rings is 1. The van der Waals surface area contributed by atoms with Gasteiger partial charge in [-0.25, -0.2) is 13.1 Å². The molecule has 1 atom stereocenters. The van der Waals surface area contributed by atoms with Crippen LogP contribution in [0.1, 0.15) is 30.0 Å². The Morgan fingerprint density at radius 3 is 2.52 bits per heavy atom. The fraction of sp³-hybridized carbons (Fsp3) is 0.389. The molecular weight excluding hydrogens is 340 g/mol. The molecule has 1 saturated carbocycles. The highest BCUT2D eigenvalue weighted by Crippen LogP contribution is 2.39. The van der Waals surface area contributed by atoms with Crippen LogP contribution in [0, 0.1) is 12.8 Å². The second kappa shape index (κ2) is 7.11. The van der Waals surface area contributed by atoms with Crippen LogP contribution in [-0.2, 0) is 10.0 Å². The topological polar surface area (TPSA) is 88.5 Å². The van der Waals surface area contributed by atoms with Crippen LogP contribution in [0.3, 0.4) is 0 Å². The molecule has 7 heteroatoms. The lowest BCUT2D eigenvalue weighted by Crippen LogP contribution is -2.41. The molecule has 134 valence electrons. The van der Waals surface area contributed by atoms with Crippen molar-refractivity contribution in [2.75, 3.05) is 7.11 Å². The van der Waals surface area contributed by atoms with E-state index in [0.29, 0.717) is 18.6 Å². The summed E-state index contributed by atoms with van der Waals surface area (Å²) in [6.07, 6.45) is 3.94. The van der Waals surface area contributed by atoms with E-state index in [-0.39, 0.29) is 16.9 Å². The summed E-state index contributed by atoms with van der Waals surface area (Å²) in [5.41, 5.74) is 1.72. The minimum Gasteiger partial charge on any atom is -0.495 e. The maximum atomic E-state index is 12.8. The number of aromatic nitrogens is 1. The molecule has 0 radical (unpaired) electrons. The zero-order valence-corrected chi connectivity index (χ0v) is 15.0. The third kappa shape index (κ3) is 4.00. The van der Waals surface area contributed by atoms with Gasteiger partial charge in [0.2, 0.25) is 10.0 Å². The lowest BCUT2D eigenvalue weighted by molar-refractivity contribution is 0.0279. The van der Waals surface area contributed by atoms with Gasteiger partial charge in [-0.2, -0.15) is 0 Å². The smallest absolute Gasteiger partial charge is 0.241 e. The monoisotopic (exact) mass is 362 g/mol. The Hall–Kier alpha value is -1.96. The SMILES string of the molecule is COc1cncc([C@@H](NS(=O)(=O)c2ccc(C)cc2)C2CC(O)C2)c1. The van der Waals surface area contributed by atoms with E-state index in [9.17, 15) is 13.5 Å². The molecule has 2 aromatic rings. The second-order valence-electron chi connectivity index (χ2n) is 6.46. The average Bonchev–Trinajstić information content (AvgIpc) is 2.57. The molecule has 0 amide bonds. The standard InChI is InChI=1S/C18H22N2O4S/c1-12-3-5-17(6-4-12)25(22,23)20-18(13-7-15(21)8-13)14-9-16(24-2)11-19-10-14/h3-6,9-11,13,15,18,20-21H,7-8H2,1-2H3/t13?,15?,18-/m0/s1. The Kier molecular flexibility index (Phi) is 5.08. The Balaban J connectivity index is 1.90. The summed E-state index contributed by atoms with van der Waals surface area (Å²) in [7, 11) is -2.14. The minimum atomic E-state index is -3.68. The van der Waals surface area contributed by atoms with E-state index in [0.717, 1.165) is 11.1 Å². The van der Waals surface area contributed by atoms with Crippen molar-refractivity contribution in [1.29, 1.82) is 0 Å². The number of aryl methyl sites for hydroxylation is 1. The molecule has 0 unspecified atom stereocenters. The Morgan fingerprint density at radius 2 is 1.92 bits per heavy atom. The van der Waals surface area contributed by atoms with E-state index in [4.69, 9.17) is 4.74 Å². The Morgan fingerprint density at radius 1 is 1.24 bits per heavy atom. The third-order valence-electron chi connectivity index (χ3n) is 4.56. The predicted octanol–water partition coefficient (Wildman–Crippen LogP) is 2.19. The lowest BCUT2D eigenvalue weighted by Gasteiger charge is -2.38.